The predicted molar refractivity (Wildman–Crippen MR) is 107 cm³/mol. The van der Waals surface area contributed by atoms with E-state index < -0.39 is 12.1 Å². The fraction of sp³-hybridized carbons (Fsp3) is 0.571. The molecular formula is C21H30N4O3. The summed E-state index contributed by atoms with van der Waals surface area (Å²) in [7, 11) is 1.30. The number of allylic oxidation sites excluding steroid dienone is 3. The molecule has 1 aromatic rings. The standard InChI is InChI=1S/C21H30N4O3/c1-6-14(7-2)15-11-22-18(23-15)16-10-21(8-9-21)12-25(16)19(26)17(13(3)4)24-20(27)28-5/h6-7,11,13,16-17H,1,8-10,12H2,2-5H3,(H,22,23)(H,24,27). The van der Waals surface area contributed by atoms with Crippen molar-refractivity contribution in [1.29, 1.82) is 0 Å². The van der Waals surface area contributed by atoms with Gasteiger partial charge in [-0.05, 0) is 43.1 Å². The van der Waals surface area contributed by atoms with E-state index in [9.17, 15) is 9.59 Å². The van der Waals surface area contributed by atoms with Crippen LogP contribution < -0.4 is 5.32 Å². The van der Waals surface area contributed by atoms with Gasteiger partial charge in [0.2, 0.25) is 5.91 Å². The van der Waals surface area contributed by atoms with E-state index in [-0.39, 0.29) is 23.3 Å². The van der Waals surface area contributed by atoms with E-state index in [1.165, 1.54) is 7.11 Å². The van der Waals surface area contributed by atoms with Crippen LogP contribution in [0.1, 0.15) is 57.6 Å². The number of carbonyl (C=O) groups is 2. The summed E-state index contributed by atoms with van der Waals surface area (Å²) in [6.45, 7) is 10.3. The molecule has 152 valence electrons. The number of ether oxygens (including phenoxy) is 1. The van der Waals surface area contributed by atoms with Crippen LogP contribution in [0, 0.1) is 11.3 Å². The number of methoxy groups -OCH3 is 1. The fourth-order valence-corrected chi connectivity index (χ4v) is 3.99. The van der Waals surface area contributed by atoms with Crippen LogP contribution in [0.4, 0.5) is 4.79 Å². The van der Waals surface area contributed by atoms with E-state index in [0.717, 1.165) is 36.4 Å². The summed E-state index contributed by atoms with van der Waals surface area (Å²) >= 11 is 0. The number of alkyl carbamates (subject to hydrolysis) is 1. The first-order valence-electron chi connectivity index (χ1n) is 9.83. The quantitative estimate of drug-likeness (QED) is 0.733. The summed E-state index contributed by atoms with van der Waals surface area (Å²) < 4.78 is 4.71. The highest BCUT2D eigenvalue weighted by Crippen LogP contribution is 2.58. The number of H-pyrrole nitrogens is 1. The minimum absolute atomic E-state index is 0.0504. The van der Waals surface area contributed by atoms with Crippen molar-refractivity contribution >= 4 is 17.6 Å². The van der Waals surface area contributed by atoms with Crippen LogP contribution in [0.15, 0.2) is 24.9 Å². The van der Waals surface area contributed by atoms with Gasteiger partial charge in [0.25, 0.3) is 0 Å². The molecule has 1 aliphatic heterocycles. The number of aromatic nitrogens is 2. The van der Waals surface area contributed by atoms with Crippen LogP contribution in [0.25, 0.3) is 5.57 Å². The van der Waals surface area contributed by atoms with Crippen LogP contribution in [0.3, 0.4) is 0 Å². The van der Waals surface area contributed by atoms with E-state index in [4.69, 9.17) is 4.74 Å². The molecule has 2 aliphatic rings. The Kier molecular flexibility index (Phi) is 5.63. The topological polar surface area (TPSA) is 87.3 Å². The molecule has 1 saturated heterocycles. The first-order chi connectivity index (χ1) is 13.3. The van der Waals surface area contributed by atoms with Crippen LogP contribution in [0.2, 0.25) is 0 Å². The van der Waals surface area contributed by atoms with Crippen molar-refractivity contribution in [2.45, 2.75) is 52.1 Å². The van der Waals surface area contributed by atoms with Gasteiger partial charge in [0.05, 0.1) is 25.0 Å². The summed E-state index contributed by atoms with van der Waals surface area (Å²) in [5, 5.41) is 2.70. The number of carbonyl (C=O) groups excluding carboxylic acids is 2. The molecule has 3 rings (SSSR count). The Morgan fingerprint density at radius 1 is 1.46 bits per heavy atom. The van der Waals surface area contributed by atoms with Gasteiger partial charge in [-0.25, -0.2) is 9.78 Å². The molecule has 1 spiro atoms. The molecule has 2 N–H and O–H groups in total. The number of imidazole rings is 1. The van der Waals surface area contributed by atoms with Crippen molar-refractivity contribution in [2.24, 2.45) is 11.3 Å². The van der Waals surface area contributed by atoms with E-state index in [1.54, 1.807) is 12.3 Å². The number of aromatic amines is 1. The summed E-state index contributed by atoms with van der Waals surface area (Å²) in [6, 6.07) is -0.745. The molecule has 0 bridgehead atoms. The summed E-state index contributed by atoms with van der Waals surface area (Å²) in [5.74, 6) is 0.654. The zero-order chi connectivity index (χ0) is 20.5. The molecule has 1 aliphatic carbocycles. The average Bonchev–Trinajstić information content (AvgIpc) is 3.08. The molecular weight excluding hydrogens is 356 g/mol. The van der Waals surface area contributed by atoms with Crippen LogP contribution >= 0.6 is 0 Å². The number of nitrogens with zero attached hydrogens (tertiary/aromatic N) is 2. The second-order valence-electron chi connectivity index (χ2n) is 8.17. The fourth-order valence-electron chi connectivity index (χ4n) is 3.99. The maximum Gasteiger partial charge on any atom is 0.407 e. The van der Waals surface area contributed by atoms with Crippen molar-refractivity contribution in [3.63, 3.8) is 0 Å². The number of rotatable bonds is 6. The molecule has 7 heteroatoms. The number of likely N-dealkylation sites (tertiary alicyclic amines) is 1. The van der Waals surface area contributed by atoms with Crippen LogP contribution in [-0.2, 0) is 9.53 Å². The SMILES string of the molecule is C=CC(=CC)c1cnc(C2CC3(CC3)CN2C(=O)C(NC(=O)OC)C(C)C)[nH]1. The molecule has 28 heavy (non-hydrogen) atoms. The van der Waals surface area contributed by atoms with Crippen LogP contribution in [-0.4, -0.2) is 46.6 Å². The lowest BCUT2D eigenvalue weighted by Gasteiger charge is -2.30. The molecule has 2 fully saturated rings. The molecule has 0 radical (unpaired) electrons. The Labute approximate surface area is 166 Å². The second-order valence-corrected chi connectivity index (χ2v) is 8.17. The highest BCUT2D eigenvalue weighted by molar-refractivity contribution is 5.86. The van der Waals surface area contributed by atoms with E-state index in [0.29, 0.717) is 6.54 Å². The lowest BCUT2D eigenvalue weighted by atomic mass is 10.0. The van der Waals surface area contributed by atoms with Gasteiger partial charge >= 0.3 is 6.09 Å². The third kappa shape index (κ3) is 3.84. The number of hydrogen-bond acceptors (Lipinski definition) is 4. The van der Waals surface area contributed by atoms with Gasteiger partial charge in [-0.2, -0.15) is 0 Å². The molecule has 2 amide bonds. The summed E-state index contributed by atoms with van der Waals surface area (Å²) in [5.41, 5.74) is 2.06. The molecule has 7 nitrogen and oxygen atoms in total. The van der Waals surface area contributed by atoms with Crippen molar-refractivity contribution in [1.82, 2.24) is 20.2 Å². The Hall–Kier alpha value is -2.57. The maximum atomic E-state index is 13.4. The normalized spacial score (nSPS) is 21.7. The Morgan fingerprint density at radius 2 is 2.18 bits per heavy atom. The van der Waals surface area contributed by atoms with Gasteiger partial charge in [-0.15, -0.1) is 0 Å². The average molecular weight is 386 g/mol. The molecule has 2 unspecified atom stereocenters. The zero-order valence-corrected chi connectivity index (χ0v) is 17.1. The van der Waals surface area contributed by atoms with E-state index in [2.05, 4.69) is 21.9 Å². The zero-order valence-electron chi connectivity index (χ0n) is 17.1. The number of hydrogen-bond donors (Lipinski definition) is 2. The molecule has 1 aromatic heterocycles. The van der Waals surface area contributed by atoms with E-state index >= 15 is 0 Å². The molecule has 0 aromatic carbocycles. The second kappa shape index (κ2) is 7.81. The van der Waals surface area contributed by atoms with Gasteiger partial charge < -0.3 is 19.9 Å². The summed E-state index contributed by atoms with van der Waals surface area (Å²) in [4.78, 5) is 35.0. The molecule has 2 heterocycles. The maximum absolute atomic E-state index is 13.4. The van der Waals surface area contributed by atoms with Crippen molar-refractivity contribution in [2.75, 3.05) is 13.7 Å². The van der Waals surface area contributed by atoms with Gasteiger partial charge in [-0.1, -0.05) is 32.6 Å². The molecule has 1 saturated carbocycles. The minimum atomic E-state index is -0.627. The first kappa shape index (κ1) is 20.2. The largest absolute Gasteiger partial charge is 0.453 e. The lowest BCUT2D eigenvalue weighted by Crippen LogP contribution is -2.51. The van der Waals surface area contributed by atoms with Gasteiger partial charge in [0.1, 0.15) is 11.9 Å². The Balaban J connectivity index is 1.87. The Morgan fingerprint density at radius 3 is 2.71 bits per heavy atom. The van der Waals surface area contributed by atoms with E-state index in [1.807, 2.05) is 31.7 Å². The van der Waals surface area contributed by atoms with Crippen molar-refractivity contribution < 1.29 is 14.3 Å². The highest BCUT2D eigenvalue weighted by atomic mass is 16.5. The predicted octanol–water partition coefficient (Wildman–Crippen LogP) is 3.43. The Bertz CT molecular complexity index is 791. The smallest absolute Gasteiger partial charge is 0.407 e. The monoisotopic (exact) mass is 386 g/mol. The number of amides is 2. The van der Waals surface area contributed by atoms with Crippen molar-refractivity contribution in [3.05, 3.63) is 36.4 Å². The first-order valence-corrected chi connectivity index (χ1v) is 9.83. The summed E-state index contributed by atoms with van der Waals surface area (Å²) in [6.07, 6.45) is 8.11. The van der Waals surface area contributed by atoms with Crippen molar-refractivity contribution in [3.8, 4) is 0 Å². The van der Waals surface area contributed by atoms with Gasteiger partial charge in [0, 0.05) is 6.54 Å². The minimum Gasteiger partial charge on any atom is -0.453 e. The third-order valence-corrected chi connectivity index (χ3v) is 5.89. The highest BCUT2D eigenvalue weighted by Gasteiger charge is 2.55. The van der Waals surface area contributed by atoms with Crippen LogP contribution in [0.5, 0.6) is 0 Å². The lowest BCUT2D eigenvalue weighted by molar-refractivity contribution is -0.135. The molecule has 2 atom stereocenters. The third-order valence-electron chi connectivity index (χ3n) is 5.89. The number of nitrogens with one attached hydrogen (secondary N) is 2. The van der Waals surface area contributed by atoms with Gasteiger partial charge in [0.15, 0.2) is 0 Å². The van der Waals surface area contributed by atoms with Gasteiger partial charge in [-0.3, -0.25) is 4.79 Å².